The van der Waals surface area contributed by atoms with Crippen LogP contribution in [-0.2, 0) is 24.3 Å². The number of esters is 1. The van der Waals surface area contributed by atoms with Crippen LogP contribution in [0.5, 0.6) is 5.75 Å². The van der Waals surface area contributed by atoms with Crippen molar-refractivity contribution < 1.29 is 27.5 Å². The van der Waals surface area contributed by atoms with E-state index in [1.165, 1.54) is 16.3 Å². The second-order valence-electron chi connectivity index (χ2n) is 8.06. The Balaban J connectivity index is 1.57. The average Bonchev–Trinajstić information content (AvgIpc) is 2.82. The summed E-state index contributed by atoms with van der Waals surface area (Å²) < 4.78 is 38.2. The van der Waals surface area contributed by atoms with Gasteiger partial charge in [-0.15, -0.1) is 0 Å². The topological polar surface area (TPSA) is 93.2 Å². The van der Waals surface area contributed by atoms with Crippen LogP contribution in [0.3, 0.4) is 0 Å². The van der Waals surface area contributed by atoms with E-state index in [1.54, 1.807) is 48.5 Å². The van der Waals surface area contributed by atoms with Crippen molar-refractivity contribution in [2.75, 3.05) is 31.6 Å². The fourth-order valence-electron chi connectivity index (χ4n) is 4.14. The summed E-state index contributed by atoms with van der Waals surface area (Å²) in [4.78, 5) is 27.4. The summed E-state index contributed by atoms with van der Waals surface area (Å²) in [5.41, 5.74) is 1.54. The number of fused-ring (bicyclic) bond motifs is 1. The number of rotatable bonds is 4. The van der Waals surface area contributed by atoms with E-state index in [1.807, 2.05) is 6.92 Å². The van der Waals surface area contributed by atoms with Crippen LogP contribution in [0.2, 0.25) is 0 Å². The van der Waals surface area contributed by atoms with Gasteiger partial charge in [0, 0.05) is 13.1 Å². The van der Waals surface area contributed by atoms with Crippen molar-refractivity contribution in [3.05, 3.63) is 54.1 Å². The van der Waals surface area contributed by atoms with Gasteiger partial charge in [-0.1, -0.05) is 29.8 Å². The number of nitrogens with zero attached hydrogens (tertiary/aromatic N) is 2. The molecule has 2 aliphatic rings. The van der Waals surface area contributed by atoms with Crippen LogP contribution in [0.25, 0.3) is 0 Å². The van der Waals surface area contributed by atoms with Crippen LogP contribution >= 0.6 is 0 Å². The van der Waals surface area contributed by atoms with E-state index in [2.05, 4.69) is 0 Å². The fraction of sp³-hybridized carbons (Fsp3) is 0.391. The Labute approximate surface area is 187 Å². The highest BCUT2D eigenvalue weighted by Crippen LogP contribution is 2.35. The van der Waals surface area contributed by atoms with E-state index in [0.29, 0.717) is 30.8 Å². The molecule has 2 aliphatic heterocycles. The third-order valence-electron chi connectivity index (χ3n) is 5.90. The van der Waals surface area contributed by atoms with Crippen LogP contribution in [0, 0.1) is 12.8 Å². The number of carbonyl (C=O) groups is 2. The summed E-state index contributed by atoms with van der Waals surface area (Å²) in [7, 11) is -2.43. The Morgan fingerprint density at radius 2 is 1.78 bits per heavy atom. The highest BCUT2D eigenvalue weighted by Gasteiger charge is 2.40. The molecule has 4 rings (SSSR count). The zero-order valence-electron chi connectivity index (χ0n) is 18.1. The molecule has 0 aromatic heterocycles. The molecule has 170 valence electrons. The molecular weight excluding hydrogens is 432 g/mol. The van der Waals surface area contributed by atoms with Gasteiger partial charge < -0.3 is 14.4 Å². The van der Waals surface area contributed by atoms with Crippen molar-refractivity contribution in [2.24, 2.45) is 5.92 Å². The first-order valence-electron chi connectivity index (χ1n) is 10.5. The number of amides is 1. The fourth-order valence-corrected chi connectivity index (χ4v) is 5.66. The van der Waals surface area contributed by atoms with E-state index >= 15 is 0 Å². The van der Waals surface area contributed by atoms with E-state index in [4.69, 9.17) is 9.47 Å². The van der Waals surface area contributed by atoms with Crippen molar-refractivity contribution in [2.45, 2.75) is 30.8 Å². The third-order valence-corrected chi connectivity index (χ3v) is 7.78. The van der Waals surface area contributed by atoms with Crippen molar-refractivity contribution >= 4 is 27.6 Å². The largest absolute Gasteiger partial charge is 0.475 e. The quantitative estimate of drug-likeness (QED) is 0.653. The van der Waals surface area contributed by atoms with Gasteiger partial charge in [-0.2, -0.15) is 4.31 Å². The molecule has 2 aromatic carbocycles. The van der Waals surface area contributed by atoms with Gasteiger partial charge in [0.25, 0.3) is 0 Å². The number of aryl methyl sites for hydroxylation is 1. The Hall–Kier alpha value is -2.91. The van der Waals surface area contributed by atoms with Crippen LogP contribution in [0.4, 0.5) is 5.69 Å². The molecular formula is C23H26N2O6S. The second-order valence-corrected chi connectivity index (χ2v) is 10.00. The minimum absolute atomic E-state index is 0.0176. The minimum Gasteiger partial charge on any atom is -0.475 e. The number of benzene rings is 2. The van der Waals surface area contributed by atoms with Gasteiger partial charge in [0.05, 0.1) is 30.2 Å². The molecule has 0 unspecified atom stereocenters. The predicted molar refractivity (Wildman–Crippen MR) is 118 cm³/mol. The molecule has 0 radical (unpaired) electrons. The van der Waals surface area contributed by atoms with Crippen LogP contribution < -0.4 is 9.64 Å². The maximum absolute atomic E-state index is 13.5. The van der Waals surface area contributed by atoms with Crippen LogP contribution in [-0.4, -0.2) is 57.4 Å². The first-order chi connectivity index (χ1) is 15.3. The van der Waals surface area contributed by atoms with Crippen LogP contribution in [0.15, 0.2) is 53.4 Å². The van der Waals surface area contributed by atoms with Crippen LogP contribution in [0.1, 0.15) is 18.4 Å². The SMILES string of the molecule is COC(=O)[C@H]1CN(C(=O)[C@@H]2CCCN(S(=O)(=O)c3ccc(C)cc3)C2)c2ccccc2O1. The molecule has 0 aliphatic carbocycles. The summed E-state index contributed by atoms with van der Waals surface area (Å²) in [6.07, 6.45) is 0.213. The highest BCUT2D eigenvalue weighted by molar-refractivity contribution is 7.89. The molecule has 2 aromatic rings. The summed E-state index contributed by atoms with van der Waals surface area (Å²) in [6.45, 7) is 2.37. The number of methoxy groups -OCH3 is 1. The lowest BCUT2D eigenvalue weighted by Crippen LogP contribution is -2.52. The predicted octanol–water partition coefficient (Wildman–Crippen LogP) is 2.36. The van der Waals surface area contributed by atoms with E-state index in [-0.39, 0.29) is 23.9 Å². The highest BCUT2D eigenvalue weighted by atomic mass is 32.2. The van der Waals surface area contributed by atoms with Gasteiger partial charge in [-0.25, -0.2) is 13.2 Å². The number of sulfonamides is 1. The number of anilines is 1. The van der Waals surface area contributed by atoms with Gasteiger partial charge in [-0.3, -0.25) is 4.79 Å². The third kappa shape index (κ3) is 4.22. The second kappa shape index (κ2) is 8.91. The van der Waals surface area contributed by atoms with Crippen molar-refractivity contribution in [1.82, 2.24) is 4.31 Å². The summed E-state index contributed by atoms with van der Waals surface area (Å²) >= 11 is 0. The molecule has 8 nitrogen and oxygen atoms in total. The smallest absolute Gasteiger partial charge is 0.348 e. The normalized spacial score (nSPS) is 21.4. The summed E-state index contributed by atoms with van der Waals surface area (Å²) in [6, 6.07) is 13.7. The van der Waals surface area contributed by atoms with E-state index in [0.717, 1.165) is 5.56 Å². The molecule has 0 bridgehead atoms. The summed E-state index contributed by atoms with van der Waals surface area (Å²) in [5, 5.41) is 0. The Morgan fingerprint density at radius 1 is 1.06 bits per heavy atom. The molecule has 32 heavy (non-hydrogen) atoms. The molecule has 0 spiro atoms. The first-order valence-corrected chi connectivity index (χ1v) is 12.0. The number of hydrogen-bond acceptors (Lipinski definition) is 6. The Morgan fingerprint density at radius 3 is 2.50 bits per heavy atom. The minimum atomic E-state index is -3.70. The molecule has 0 N–H and O–H groups in total. The number of para-hydroxylation sites is 2. The zero-order chi connectivity index (χ0) is 22.9. The van der Waals surface area contributed by atoms with E-state index in [9.17, 15) is 18.0 Å². The zero-order valence-corrected chi connectivity index (χ0v) is 18.9. The molecule has 1 fully saturated rings. The monoisotopic (exact) mass is 458 g/mol. The molecule has 9 heteroatoms. The van der Waals surface area contributed by atoms with E-state index < -0.39 is 28.0 Å². The van der Waals surface area contributed by atoms with Gasteiger partial charge in [0.2, 0.25) is 22.0 Å². The van der Waals surface area contributed by atoms with Gasteiger partial charge >= 0.3 is 5.97 Å². The molecule has 2 atom stereocenters. The van der Waals surface area contributed by atoms with Gasteiger partial charge in [0.15, 0.2) is 0 Å². The van der Waals surface area contributed by atoms with Crippen molar-refractivity contribution in [3.8, 4) is 5.75 Å². The lowest BCUT2D eigenvalue weighted by molar-refractivity contribution is -0.148. The Kier molecular flexibility index (Phi) is 6.21. The van der Waals surface area contributed by atoms with Gasteiger partial charge in [-0.05, 0) is 44.0 Å². The molecule has 2 heterocycles. The molecule has 1 amide bonds. The number of hydrogen-bond donors (Lipinski definition) is 0. The number of ether oxygens (including phenoxy) is 2. The molecule has 0 saturated carbocycles. The number of carbonyl (C=O) groups excluding carboxylic acids is 2. The lowest BCUT2D eigenvalue weighted by atomic mass is 9.97. The Bertz CT molecular complexity index is 1120. The number of piperidine rings is 1. The summed E-state index contributed by atoms with van der Waals surface area (Å²) in [5.74, 6) is -0.890. The van der Waals surface area contributed by atoms with Gasteiger partial charge in [0.1, 0.15) is 5.75 Å². The standard InChI is InChI=1S/C23H26N2O6S/c1-16-9-11-18(12-10-16)32(28,29)24-13-5-6-17(14-24)22(26)25-15-21(23(27)30-2)31-20-8-4-3-7-19(20)25/h3-4,7-12,17,21H,5-6,13-15H2,1-2H3/t17-,21-/m1/s1. The van der Waals surface area contributed by atoms with Crippen molar-refractivity contribution in [3.63, 3.8) is 0 Å². The maximum atomic E-state index is 13.5. The lowest BCUT2D eigenvalue weighted by Gasteiger charge is -2.38. The first kappa shape index (κ1) is 22.3. The molecule has 1 saturated heterocycles. The van der Waals surface area contributed by atoms with Crippen molar-refractivity contribution in [1.29, 1.82) is 0 Å². The maximum Gasteiger partial charge on any atom is 0.348 e. The average molecular weight is 459 g/mol.